The zero-order chi connectivity index (χ0) is 10.8. The van der Waals surface area contributed by atoms with Gasteiger partial charge in [-0.3, -0.25) is 4.79 Å². The number of thiocarbonyl (C=S) groups is 1. The van der Waals surface area contributed by atoms with E-state index in [1.165, 1.54) is 0 Å². The number of benzene rings is 2. The number of rotatable bonds is 2. The summed E-state index contributed by atoms with van der Waals surface area (Å²) < 4.78 is 0. The third-order valence-electron chi connectivity index (χ3n) is 2.30. The molecule has 2 aromatic carbocycles. The van der Waals surface area contributed by atoms with Crippen LogP contribution >= 0.6 is 12.2 Å². The second-order valence-corrected chi connectivity index (χ2v) is 3.52. The quantitative estimate of drug-likeness (QED) is 0.370. The van der Waals surface area contributed by atoms with Crippen LogP contribution in [0.15, 0.2) is 36.4 Å². The van der Waals surface area contributed by atoms with E-state index in [4.69, 9.17) is 0 Å². The molecule has 2 aromatic rings. The molecule has 0 unspecified atom stereocenters. The van der Waals surface area contributed by atoms with Gasteiger partial charge in [0.15, 0.2) is 6.29 Å². The Bertz CT molecular complexity index is 552. The van der Waals surface area contributed by atoms with E-state index in [1.807, 2.05) is 12.1 Å². The number of aldehydes is 1. The van der Waals surface area contributed by atoms with Crippen molar-refractivity contribution in [3.05, 3.63) is 47.5 Å². The van der Waals surface area contributed by atoms with E-state index in [0.717, 1.165) is 17.1 Å². The smallest absolute Gasteiger partial charge is 0.864 e. The van der Waals surface area contributed by atoms with Crippen LogP contribution in [0.5, 0.6) is 0 Å². The Morgan fingerprint density at radius 2 is 1.75 bits per heavy atom. The first-order valence-corrected chi connectivity index (χ1v) is 4.83. The molecule has 0 N–H and O–H groups in total. The van der Waals surface area contributed by atoms with Gasteiger partial charge in [-0.15, -0.1) is 0 Å². The summed E-state index contributed by atoms with van der Waals surface area (Å²) in [5.41, 5.74) is 1.05. The topological polar surface area (TPSA) is 40.1 Å². The Balaban J connectivity index is 0.00000128. The Labute approximate surface area is 121 Å². The second kappa shape index (κ2) is 5.55. The van der Waals surface area contributed by atoms with Crippen molar-refractivity contribution in [1.29, 1.82) is 0 Å². The summed E-state index contributed by atoms with van der Waals surface area (Å²) >= 11 is 4.63. The van der Waals surface area contributed by atoms with Crippen molar-refractivity contribution >= 4 is 34.3 Å². The maximum atomic E-state index is 11.2. The third kappa shape index (κ3) is 2.33. The molecule has 0 spiro atoms. The van der Waals surface area contributed by atoms with Crippen LogP contribution < -0.4 is 34.7 Å². The second-order valence-electron chi connectivity index (χ2n) is 3.15. The van der Waals surface area contributed by atoms with Crippen molar-refractivity contribution in [1.82, 2.24) is 0 Å². The molecular formula is C12H7NaO2S. The standard InChI is InChI=1S/C12H8O2S.Na/c13-7-8-5-6-11(12(14)15)10-4-2-1-3-9(8)10;/h1-7H,(H,14,15);/q;+1/p-1. The molecule has 4 heteroatoms. The normalized spacial score (nSPS) is 9.50. The molecule has 0 aliphatic carbocycles. The van der Waals surface area contributed by atoms with E-state index in [-0.39, 0.29) is 29.6 Å². The first-order chi connectivity index (χ1) is 7.24. The molecule has 0 saturated heterocycles. The number of hydrogen-bond donors (Lipinski definition) is 0. The molecule has 2 nitrogen and oxygen atoms in total. The summed E-state index contributed by atoms with van der Waals surface area (Å²) in [6.45, 7) is 0. The van der Waals surface area contributed by atoms with E-state index in [2.05, 4.69) is 12.2 Å². The number of carbonyl (C=O) groups excluding carboxylic acids is 1. The predicted molar refractivity (Wildman–Crippen MR) is 61.0 cm³/mol. The van der Waals surface area contributed by atoms with Gasteiger partial charge in [0.1, 0.15) is 0 Å². The van der Waals surface area contributed by atoms with Gasteiger partial charge in [0, 0.05) is 5.56 Å². The van der Waals surface area contributed by atoms with Crippen molar-refractivity contribution in [2.24, 2.45) is 0 Å². The summed E-state index contributed by atoms with van der Waals surface area (Å²) in [6, 6.07) is 10.5. The molecule has 74 valence electrons. The minimum Gasteiger partial charge on any atom is -0.864 e. The van der Waals surface area contributed by atoms with Gasteiger partial charge in [-0.25, -0.2) is 0 Å². The zero-order valence-corrected chi connectivity index (χ0v) is 11.6. The van der Waals surface area contributed by atoms with Crippen LogP contribution in [0, 0.1) is 0 Å². The molecule has 0 radical (unpaired) electrons. The number of fused-ring (bicyclic) bond motifs is 1. The van der Waals surface area contributed by atoms with Crippen LogP contribution in [0.25, 0.3) is 10.8 Å². The van der Waals surface area contributed by atoms with E-state index in [1.54, 1.807) is 24.3 Å². The molecule has 0 bridgehead atoms. The van der Waals surface area contributed by atoms with Crippen LogP contribution in [0.4, 0.5) is 0 Å². The Morgan fingerprint density at radius 1 is 1.12 bits per heavy atom. The molecule has 0 saturated carbocycles. The molecule has 0 heterocycles. The molecule has 0 amide bonds. The van der Waals surface area contributed by atoms with Crippen LogP contribution in [-0.4, -0.2) is 11.3 Å². The van der Waals surface area contributed by atoms with Gasteiger partial charge >= 0.3 is 29.6 Å². The molecular weight excluding hydrogens is 231 g/mol. The van der Waals surface area contributed by atoms with Crippen molar-refractivity contribution in [2.45, 2.75) is 0 Å². The third-order valence-corrected chi connectivity index (χ3v) is 2.52. The largest absolute Gasteiger partial charge is 1.00 e. The SMILES string of the molecule is O=Cc1ccc(C([O-])=S)c2ccccc12.[Na+]. The van der Waals surface area contributed by atoms with E-state index >= 15 is 0 Å². The van der Waals surface area contributed by atoms with Gasteiger partial charge in [0.05, 0.1) is 0 Å². The van der Waals surface area contributed by atoms with Crippen molar-refractivity contribution in [3.63, 3.8) is 0 Å². The summed E-state index contributed by atoms with van der Waals surface area (Å²) in [7, 11) is 0. The first-order valence-electron chi connectivity index (χ1n) is 4.42. The van der Waals surface area contributed by atoms with Crippen LogP contribution in [0.2, 0.25) is 0 Å². The van der Waals surface area contributed by atoms with Gasteiger partial charge in [-0.1, -0.05) is 48.6 Å². The van der Waals surface area contributed by atoms with E-state index in [9.17, 15) is 9.90 Å². The summed E-state index contributed by atoms with van der Waals surface area (Å²) in [4.78, 5) is 10.8. The molecule has 0 aliphatic heterocycles. The fourth-order valence-corrected chi connectivity index (χ4v) is 1.78. The minimum absolute atomic E-state index is 0. The Morgan fingerprint density at radius 3 is 2.31 bits per heavy atom. The minimum atomic E-state index is -0.399. The van der Waals surface area contributed by atoms with Crippen LogP contribution in [0.1, 0.15) is 15.9 Å². The fourth-order valence-electron chi connectivity index (χ4n) is 1.60. The summed E-state index contributed by atoms with van der Waals surface area (Å²) in [5.74, 6) is 0. The molecule has 0 aliphatic rings. The number of carbonyl (C=O) groups is 1. The van der Waals surface area contributed by atoms with Crippen molar-refractivity contribution in [3.8, 4) is 0 Å². The van der Waals surface area contributed by atoms with Crippen LogP contribution in [-0.2, 0) is 0 Å². The van der Waals surface area contributed by atoms with E-state index in [0.29, 0.717) is 11.1 Å². The van der Waals surface area contributed by atoms with Gasteiger partial charge in [-0.2, -0.15) is 0 Å². The van der Waals surface area contributed by atoms with Crippen molar-refractivity contribution < 1.29 is 39.5 Å². The molecule has 16 heavy (non-hydrogen) atoms. The first kappa shape index (κ1) is 13.3. The average molecular weight is 238 g/mol. The molecule has 2 rings (SSSR count). The summed E-state index contributed by atoms with van der Waals surface area (Å²) in [6.07, 6.45) is 0.778. The molecule has 0 atom stereocenters. The van der Waals surface area contributed by atoms with Crippen molar-refractivity contribution in [2.75, 3.05) is 0 Å². The maximum Gasteiger partial charge on any atom is 1.00 e. The van der Waals surface area contributed by atoms with Crippen LogP contribution in [0.3, 0.4) is 0 Å². The summed E-state index contributed by atoms with van der Waals surface area (Å²) in [5, 5.41) is 12.3. The average Bonchev–Trinajstić information content (AvgIpc) is 2.27. The number of hydrogen-bond acceptors (Lipinski definition) is 3. The zero-order valence-electron chi connectivity index (χ0n) is 8.77. The maximum absolute atomic E-state index is 11.2. The van der Waals surface area contributed by atoms with Gasteiger partial charge < -0.3 is 5.11 Å². The van der Waals surface area contributed by atoms with Gasteiger partial charge in [0.25, 0.3) is 0 Å². The fraction of sp³-hybridized carbons (Fsp3) is 0. The monoisotopic (exact) mass is 238 g/mol. The predicted octanol–water partition coefficient (Wildman–Crippen LogP) is -1.31. The Kier molecular flexibility index (Phi) is 4.62. The van der Waals surface area contributed by atoms with E-state index < -0.39 is 5.05 Å². The van der Waals surface area contributed by atoms with Gasteiger partial charge in [-0.05, 0) is 21.4 Å². The molecule has 0 fully saturated rings. The van der Waals surface area contributed by atoms with Gasteiger partial charge in [0.2, 0.25) is 0 Å². The molecule has 0 aromatic heterocycles. The Hall–Kier alpha value is -0.740.